The average Bonchev–Trinajstić information content (AvgIpc) is 3.01. The van der Waals surface area contributed by atoms with Gasteiger partial charge in [0.05, 0.1) is 11.2 Å². The van der Waals surface area contributed by atoms with Gasteiger partial charge in [-0.2, -0.15) is 0 Å². The Balaban J connectivity index is 2.15. The summed E-state index contributed by atoms with van der Waals surface area (Å²) in [5.74, 6) is 6.34. The molecule has 0 radical (unpaired) electrons. The minimum absolute atomic E-state index is 0.612. The van der Waals surface area contributed by atoms with Gasteiger partial charge in [0.25, 0.3) is 0 Å². The fourth-order valence-electron chi connectivity index (χ4n) is 3.35. The fourth-order valence-corrected chi connectivity index (χ4v) is 3.35. The molecule has 3 rings (SSSR count). The number of hydrogen-bond donors (Lipinski definition) is 2. The predicted molar refractivity (Wildman–Crippen MR) is 84.8 cm³/mol. The number of aromatic nitrogens is 1. The number of hydrazine groups is 1. The van der Waals surface area contributed by atoms with Gasteiger partial charge in [0.2, 0.25) is 0 Å². The van der Waals surface area contributed by atoms with E-state index in [1.54, 1.807) is 0 Å². The van der Waals surface area contributed by atoms with Crippen LogP contribution in [0.15, 0.2) is 24.3 Å². The van der Waals surface area contributed by atoms with Gasteiger partial charge in [-0.3, -0.25) is 10.8 Å². The minimum Gasteiger partial charge on any atom is -0.323 e. The molecular formula is C17H23N3. The maximum absolute atomic E-state index is 5.73. The van der Waals surface area contributed by atoms with Crippen molar-refractivity contribution in [2.24, 2.45) is 5.84 Å². The summed E-state index contributed by atoms with van der Waals surface area (Å²) in [4.78, 5) is 4.99. The molecule has 0 bridgehead atoms. The number of anilines is 1. The van der Waals surface area contributed by atoms with Crippen LogP contribution < -0.4 is 11.3 Å². The van der Waals surface area contributed by atoms with Crippen LogP contribution >= 0.6 is 0 Å². The molecule has 1 aliphatic rings. The Hall–Kier alpha value is -1.61. The number of nitrogens with two attached hydrogens (primary N) is 1. The van der Waals surface area contributed by atoms with Crippen LogP contribution in [0.3, 0.4) is 0 Å². The van der Waals surface area contributed by atoms with Gasteiger partial charge in [-0.15, -0.1) is 0 Å². The van der Waals surface area contributed by atoms with Gasteiger partial charge in [0.15, 0.2) is 0 Å². The van der Waals surface area contributed by atoms with E-state index in [2.05, 4.69) is 36.6 Å². The van der Waals surface area contributed by atoms with Crippen molar-refractivity contribution in [3.05, 3.63) is 35.5 Å². The molecule has 1 saturated carbocycles. The van der Waals surface area contributed by atoms with E-state index >= 15 is 0 Å². The summed E-state index contributed by atoms with van der Waals surface area (Å²) in [7, 11) is 0. The molecule has 2 aromatic rings. The second kappa shape index (κ2) is 5.80. The van der Waals surface area contributed by atoms with E-state index in [4.69, 9.17) is 10.8 Å². The summed E-state index contributed by atoms with van der Waals surface area (Å²) in [5.41, 5.74) is 7.55. The van der Waals surface area contributed by atoms with Gasteiger partial charge in [-0.25, -0.2) is 0 Å². The largest absolute Gasteiger partial charge is 0.323 e. The first-order valence-electron chi connectivity index (χ1n) is 7.72. The minimum atomic E-state index is 0.612. The molecule has 0 spiro atoms. The van der Waals surface area contributed by atoms with Crippen molar-refractivity contribution in [3.63, 3.8) is 0 Å². The molecule has 1 aromatic carbocycles. The number of fused-ring (bicyclic) bond motifs is 1. The SMILES string of the molecule is CCCc1cccc2c(NN)cc(C3CCCC3)nc12. The van der Waals surface area contributed by atoms with Gasteiger partial charge in [-0.05, 0) is 30.9 Å². The highest BCUT2D eigenvalue weighted by Gasteiger charge is 2.20. The van der Waals surface area contributed by atoms with E-state index in [-0.39, 0.29) is 0 Å². The molecule has 0 unspecified atom stereocenters. The van der Waals surface area contributed by atoms with E-state index in [1.807, 2.05) is 0 Å². The Kier molecular flexibility index (Phi) is 3.88. The second-order valence-corrected chi connectivity index (χ2v) is 5.78. The molecule has 0 atom stereocenters. The zero-order valence-electron chi connectivity index (χ0n) is 12.2. The lowest BCUT2D eigenvalue weighted by Gasteiger charge is -2.15. The van der Waals surface area contributed by atoms with Crippen molar-refractivity contribution in [3.8, 4) is 0 Å². The monoisotopic (exact) mass is 269 g/mol. The molecule has 0 amide bonds. The zero-order chi connectivity index (χ0) is 13.9. The lowest BCUT2D eigenvalue weighted by Crippen LogP contribution is -2.10. The third-order valence-electron chi connectivity index (χ3n) is 4.39. The van der Waals surface area contributed by atoms with Crippen LogP contribution in [0.1, 0.15) is 56.2 Å². The highest BCUT2D eigenvalue weighted by molar-refractivity contribution is 5.93. The Morgan fingerprint density at radius 1 is 1.30 bits per heavy atom. The number of benzene rings is 1. The molecular weight excluding hydrogens is 246 g/mol. The molecule has 1 fully saturated rings. The smallest absolute Gasteiger partial charge is 0.0758 e. The third kappa shape index (κ3) is 2.38. The molecule has 0 saturated heterocycles. The quantitative estimate of drug-likeness (QED) is 0.648. The van der Waals surface area contributed by atoms with Crippen LogP contribution in [0, 0.1) is 0 Å². The van der Waals surface area contributed by atoms with Crippen LogP contribution in [0.5, 0.6) is 0 Å². The molecule has 3 nitrogen and oxygen atoms in total. The number of rotatable bonds is 4. The fraction of sp³-hybridized carbons (Fsp3) is 0.471. The van der Waals surface area contributed by atoms with Crippen molar-refractivity contribution >= 4 is 16.6 Å². The molecule has 1 heterocycles. The summed E-state index contributed by atoms with van der Waals surface area (Å²) in [5, 5.41) is 1.14. The van der Waals surface area contributed by atoms with Crippen molar-refractivity contribution in [2.75, 3.05) is 5.43 Å². The van der Waals surface area contributed by atoms with Gasteiger partial charge in [-0.1, -0.05) is 44.4 Å². The second-order valence-electron chi connectivity index (χ2n) is 5.78. The van der Waals surface area contributed by atoms with Gasteiger partial charge >= 0.3 is 0 Å². The van der Waals surface area contributed by atoms with Crippen molar-refractivity contribution < 1.29 is 0 Å². The van der Waals surface area contributed by atoms with Gasteiger partial charge in [0, 0.05) is 17.0 Å². The highest BCUT2D eigenvalue weighted by Crippen LogP contribution is 2.36. The lowest BCUT2D eigenvalue weighted by molar-refractivity contribution is 0.701. The van der Waals surface area contributed by atoms with Gasteiger partial charge < -0.3 is 5.43 Å². The highest BCUT2D eigenvalue weighted by atomic mass is 15.2. The molecule has 1 aromatic heterocycles. The molecule has 1 aliphatic carbocycles. The topological polar surface area (TPSA) is 50.9 Å². The third-order valence-corrected chi connectivity index (χ3v) is 4.39. The van der Waals surface area contributed by atoms with E-state index in [1.165, 1.54) is 36.9 Å². The Labute approximate surface area is 120 Å². The summed E-state index contributed by atoms with van der Waals surface area (Å²) in [6.45, 7) is 2.21. The summed E-state index contributed by atoms with van der Waals surface area (Å²) in [6, 6.07) is 8.55. The molecule has 0 aliphatic heterocycles. The molecule has 3 heteroatoms. The Bertz CT molecular complexity index is 600. The van der Waals surface area contributed by atoms with Gasteiger partial charge in [0.1, 0.15) is 0 Å². The normalized spacial score (nSPS) is 15.9. The number of nitrogens with zero attached hydrogens (tertiary/aromatic N) is 1. The number of aryl methyl sites for hydroxylation is 1. The number of para-hydroxylation sites is 1. The zero-order valence-corrected chi connectivity index (χ0v) is 12.2. The maximum Gasteiger partial charge on any atom is 0.0758 e. The molecule has 106 valence electrons. The van der Waals surface area contributed by atoms with Crippen LogP contribution in [0.4, 0.5) is 5.69 Å². The first-order valence-corrected chi connectivity index (χ1v) is 7.72. The summed E-state index contributed by atoms with van der Waals surface area (Å²) >= 11 is 0. The van der Waals surface area contributed by atoms with Crippen LogP contribution in [0.2, 0.25) is 0 Å². The maximum atomic E-state index is 5.73. The van der Waals surface area contributed by atoms with Crippen LogP contribution in [-0.4, -0.2) is 4.98 Å². The predicted octanol–water partition coefficient (Wildman–Crippen LogP) is 4.13. The summed E-state index contributed by atoms with van der Waals surface area (Å²) in [6.07, 6.45) is 7.39. The Morgan fingerprint density at radius 2 is 2.10 bits per heavy atom. The number of hydrogen-bond acceptors (Lipinski definition) is 3. The van der Waals surface area contributed by atoms with Crippen molar-refractivity contribution in [1.82, 2.24) is 4.98 Å². The van der Waals surface area contributed by atoms with Crippen molar-refractivity contribution in [2.45, 2.75) is 51.4 Å². The Morgan fingerprint density at radius 3 is 2.80 bits per heavy atom. The standard InChI is InChI=1S/C17H23N3/c1-2-6-13-9-5-10-14-16(20-18)11-15(19-17(13)14)12-7-3-4-8-12/h5,9-12H,2-4,6-8,18H2,1H3,(H,19,20). The van der Waals surface area contributed by atoms with E-state index < -0.39 is 0 Å². The molecule has 3 N–H and O–H groups in total. The van der Waals surface area contributed by atoms with Crippen LogP contribution in [0.25, 0.3) is 10.9 Å². The van der Waals surface area contributed by atoms with E-state index in [9.17, 15) is 0 Å². The molecule has 20 heavy (non-hydrogen) atoms. The van der Waals surface area contributed by atoms with E-state index in [0.29, 0.717) is 5.92 Å². The van der Waals surface area contributed by atoms with Crippen molar-refractivity contribution in [1.29, 1.82) is 0 Å². The first kappa shape index (κ1) is 13.4. The number of pyridine rings is 1. The average molecular weight is 269 g/mol. The number of nitrogen functional groups attached to an aromatic ring is 1. The van der Waals surface area contributed by atoms with Crippen LogP contribution in [-0.2, 0) is 6.42 Å². The first-order chi connectivity index (χ1) is 9.83. The van der Waals surface area contributed by atoms with E-state index in [0.717, 1.165) is 29.4 Å². The number of nitrogens with one attached hydrogen (secondary N) is 1. The lowest BCUT2D eigenvalue weighted by atomic mass is 9.99. The summed E-state index contributed by atoms with van der Waals surface area (Å²) < 4.78 is 0.